The van der Waals surface area contributed by atoms with Gasteiger partial charge in [0.2, 0.25) is 10.0 Å². The summed E-state index contributed by atoms with van der Waals surface area (Å²) in [6.45, 7) is 2.12. The van der Waals surface area contributed by atoms with Gasteiger partial charge in [0, 0.05) is 17.8 Å². The second-order valence-corrected chi connectivity index (χ2v) is 8.56. The first-order valence-electron chi connectivity index (χ1n) is 9.13. The van der Waals surface area contributed by atoms with Gasteiger partial charge in [0.1, 0.15) is 4.90 Å². The van der Waals surface area contributed by atoms with E-state index in [1.54, 1.807) is 0 Å². The van der Waals surface area contributed by atoms with Gasteiger partial charge in [0.25, 0.3) is 5.91 Å². The van der Waals surface area contributed by atoms with E-state index in [-0.39, 0.29) is 22.0 Å². The van der Waals surface area contributed by atoms with E-state index in [0.717, 1.165) is 17.5 Å². The maximum atomic E-state index is 12.7. The minimum atomic E-state index is -3.89. The number of hydrogen-bond acceptors (Lipinski definition) is 3. The van der Waals surface area contributed by atoms with Crippen LogP contribution in [-0.4, -0.2) is 14.3 Å². The number of nitrogens with one attached hydrogen (secondary N) is 2. The van der Waals surface area contributed by atoms with Crippen molar-refractivity contribution >= 4 is 33.2 Å². The predicted octanol–water partition coefficient (Wildman–Crippen LogP) is 4.63. The Morgan fingerprint density at radius 1 is 0.966 bits per heavy atom. The third-order valence-electron chi connectivity index (χ3n) is 4.44. The Morgan fingerprint density at radius 3 is 2.38 bits per heavy atom. The minimum absolute atomic E-state index is 0.0519. The monoisotopic (exact) mass is 428 g/mol. The highest BCUT2D eigenvalue weighted by atomic mass is 35.5. The minimum Gasteiger partial charge on any atom is -0.322 e. The summed E-state index contributed by atoms with van der Waals surface area (Å²) < 4.78 is 28.0. The Balaban J connectivity index is 1.82. The summed E-state index contributed by atoms with van der Waals surface area (Å²) >= 11 is 6.12. The van der Waals surface area contributed by atoms with Crippen molar-refractivity contribution in [2.45, 2.75) is 24.8 Å². The fraction of sp³-hybridized carbons (Fsp3) is 0.136. The van der Waals surface area contributed by atoms with Crippen LogP contribution in [0.25, 0.3) is 0 Å². The third kappa shape index (κ3) is 5.23. The molecule has 7 heteroatoms. The largest absolute Gasteiger partial charge is 0.322 e. The highest BCUT2D eigenvalue weighted by molar-refractivity contribution is 7.89. The number of aryl methyl sites for hydroxylation is 1. The van der Waals surface area contributed by atoms with Crippen LogP contribution >= 0.6 is 11.6 Å². The van der Waals surface area contributed by atoms with E-state index >= 15 is 0 Å². The number of amides is 1. The maximum Gasteiger partial charge on any atom is 0.255 e. The molecule has 150 valence electrons. The molecule has 2 N–H and O–H groups in total. The normalized spacial score (nSPS) is 11.2. The molecule has 0 saturated carbocycles. The molecular formula is C22H21ClN2O3S. The van der Waals surface area contributed by atoms with Crippen molar-refractivity contribution in [2.75, 3.05) is 5.32 Å². The second-order valence-electron chi connectivity index (χ2n) is 6.42. The highest BCUT2D eigenvalue weighted by Gasteiger charge is 2.20. The van der Waals surface area contributed by atoms with Gasteiger partial charge in [-0.2, -0.15) is 0 Å². The number of carbonyl (C=O) groups excluding carboxylic acids is 1. The molecule has 0 bridgehead atoms. The summed E-state index contributed by atoms with van der Waals surface area (Å²) in [7, 11) is -3.89. The Hall–Kier alpha value is -2.67. The average Bonchev–Trinajstić information content (AvgIpc) is 2.73. The number of carbonyl (C=O) groups is 1. The van der Waals surface area contributed by atoms with Crippen LogP contribution in [0.3, 0.4) is 0 Å². The van der Waals surface area contributed by atoms with Crippen molar-refractivity contribution in [2.24, 2.45) is 0 Å². The van der Waals surface area contributed by atoms with Gasteiger partial charge >= 0.3 is 0 Å². The van der Waals surface area contributed by atoms with E-state index in [4.69, 9.17) is 11.6 Å². The molecule has 0 unspecified atom stereocenters. The van der Waals surface area contributed by atoms with Gasteiger partial charge in [-0.05, 0) is 41.8 Å². The molecule has 0 saturated heterocycles. The van der Waals surface area contributed by atoms with Crippen LogP contribution in [0.2, 0.25) is 5.02 Å². The van der Waals surface area contributed by atoms with Gasteiger partial charge in [-0.1, -0.05) is 67.1 Å². The number of para-hydroxylation sites is 1. The molecule has 0 aliphatic carbocycles. The summed E-state index contributed by atoms with van der Waals surface area (Å²) in [5, 5.41) is 2.89. The lowest BCUT2D eigenvalue weighted by Crippen LogP contribution is -2.24. The van der Waals surface area contributed by atoms with E-state index in [0.29, 0.717) is 5.69 Å². The second kappa shape index (κ2) is 9.22. The first-order valence-corrected chi connectivity index (χ1v) is 11.0. The predicted molar refractivity (Wildman–Crippen MR) is 116 cm³/mol. The van der Waals surface area contributed by atoms with E-state index in [1.807, 2.05) is 61.5 Å². The quantitative estimate of drug-likeness (QED) is 0.576. The molecule has 0 aliphatic heterocycles. The van der Waals surface area contributed by atoms with Crippen molar-refractivity contribution in [3.05, 3.63) is 94.5 Å². The van der Waals surface area contributed by atoms with Crippen LogP contribution in [0.1, 0.15) is 28.4 Å². The van der Waals surface area contributed by atoms with E-state index in [1.165, 1.54) is 18.2 Å². The SMILES string of the molecule is CCc1ccccc1NC(=O)c1ccc(Cl)c(S(=O)(=O)NCc2ccccc2)c1. The molecular weight excluding hydrogens is 408 g/mol. The number of rotatable bonds is 7. The number of anilines is 1. The molecule has 0 heterocycles. The summed E-state index contributed by atoms with van der Waals surface area (Å²) in [4.78, 5) is 12.5. The van der Waals surface area contributed by atoms with Gasteiger partial charge in [-0.15, -0.1) is 0 Å². The fourth-order valence-corrected chi connectivity index (χ4v) is 4.39. The lowest BCUT2D eigenvalue weighted by atomic mass is 10.1. The van der Waals surface area contributed by atoms with Gasteiger partial charge in [0.15, 0.2) is 0 Å². The maximum absolute atomic E-state index is 12.7. The smallest absolute Gasteiger partial charge is 0.255 e. The Kier molecular flexibility index (Phi) is 6.69. The molecule has 3 rings (SSSR count). The van der Waals surface area contributed by atoms with Gasteiger partial charge in [-0.3, -0.25) is 4.79 Å². The standard InChI is InChI=1S/C22H21ClN2O3S/c1-2-17-10-6-7-11-20(17)25-22(26)18-12-13-19(23)21(14-18)29(27,28)24-15-16-8-4-3-5-9-16/h3-14,24H,2,15H2,1H3,(H,25,26). The van der Waals surface area contributed by atoms with Crippen molar-refractivity contribution in [1.82, 2.24) is 4.72 Å². The van der Waals surface area contributed by atoms with Crippen LogP contribution in [0.4, 0.5) is 5.69 Å². The fourth-order valence-electron chi connectivity index (χ4n) is 2.85. The number of benzene rings is 3. The molecule has 29 heavy (non-hydrogen) atoms. The van der Waals surface area contributed by atoms with E-state index in [9.17, 15) is 13.2 Å². The third-order valence-corrected chi connectivity index (χ3v) is 6.32. The Labute approximate surface area is 175 Å². The first-order chi connectivity index (χ1) is 13.9. The molecule has 0 atom stereocenters. The topological polar surface area (TPSA) is 75.3 Å². The number of sulfonamides is 1. The average molecular weight is 429 g/mol. The summed E-state index contributed by atoms with van der Waals surface area (Å²) in [6, 6.07) is 20.8. The van der Waals surface area contributed by atoms with Gasteiger partial charge in [0.05, 0.1) is 5.02 Å². The molecule has 0 aliphatic rings. The lowest BCUT2D eigenvalue weighted by molar-refractivity contribution is 0.102. The Morgan fingerprint density at radius 2 is 1.66 bits per heavy atom. The van der Waals surface area contributed by atoms with Crippen LogP contribution in [0, 0.1) is 0 Å². The van der Waals surface area contributed by atoms with Crippen LogP contribution < -0.4 is 10.0 Å². The van der Waals surface area contributed by atoms with E-state index < -0.39 is 15.9 Å². The van der Waals surface area contributed by atoms with E-state index in [2.05, 4.69) is 10.0 Å². The van der Waals surface area contributed by atoms with Crippen molar-refractivity contribution in [3.8, 4) is 0 Å². The zero-order valence-electron chi connectivity index (χ0n) is 15.9. The Bertz CT molecular complexity index is 1120. The molecule has 5 nitrogen and oxygen atoms in total. The first kappa shape index (κ1) is 21.0. The molecule has 0 spiro atoms. The summed E-state index contributed by atoms with van der Waals surface area (Å²) in [5.74, 6) is -0.401. The van der Waals surface area contributed by atoms with Crippen molar-refractivity contribution in [1.29, 1.82) is 0 Å². The number of hydrogen-bond donors (Lipinski definition) is 2. The zero-order valence-corrected chi connectivity index (χ0v) is 17.4. The summed E-state index contributed by atoms with van der Waals surface area (Å²) in [6.07, 6.45) is 0.764. The number of halogens is 1. The summed E-state index contributed by atoms with van der Waals surface area (Å²) in [5.41, 5.74) is 2.71. The van der Waals surface area contributed by atoms with Gasteiger partial charge < -0.3 is 5.32 Å². The zero-order chi connectivity index (χ0) is 20.9. The van der Waals surface area contributed by atoms with Crippen LogP contribution in [0.15, 0.2) is 77.7 Å². The molecule has 0 aromatic heterocycles. The molecule has 0 fully saturated rings. The highest BCUT2D eigenvalue weighted by Crippen LogP contribution is 2.24. The lowest BCUT2D eigenvalue weighted by Gasteiger charge is -2.12. The molecule has 3 aromatic rings. The molecule has 1 amide bonds. The van der Waals surface area contributed by atoms with Crippen LogP contribution in [-0.2, 0) is 23.0 Å². The van der Waals surface area contributed by atoms with Gasteiger partial charge in [-0.25, -0.2) is 13.1 Å². The molecule has 3 aromatic carbocycles. The molecule has 0 radical (unpaired) electrons. The van der Waals surface area contributed by atoms with Crippen molar-refractivity contribution in [3.63, 3.8) is 0 Å². The van der Waals surface area contributed by atoms with Crippen molar-refractivity contribution < 1.29 is 13.2 Å². The van der Waals surface area contributed by atoms with Crippen LogP contribution in [0.5, 0.6) is 0 Å².